The quantitative estimate of drug-likeness (QED) is 0.869. The molecule has 0 fully saturated rings. The van der Waals surface area contributed by atoms with E-state index in [0.29, 0.717) is 21.3 Å². The first-order valence-electron chi connectivity index (χ1n) is 6.95. The van der Waals surface area contributed by atoms with Gasteiger partial charge in [0, 0.05) is 10.5 Å². The molecule has 2 amide bonds. The third-order valence-corrected chi connectivity index (χ3v) is 3.65. The first kappa shape index (κ1) is 16.2. The fourth-order valence-corrected chi connectivity index (χ4v) is 2.43. The lowest BCUT2D eigenvalue weighted by Crippen LogP contribution is -2.31. The van der Waals surface area contributed by atoms with Crippen molar-refractivity contribution in [1.29, 1.82) is 0 Å². The molecule has 0 bridgehead atoms. The van der Waals surface area contributed by atoms with Gasteiger partial charge in [0.05, 0.1) is 16.8 Å². The molecule has 0 heterocycles. The van der Waals surface area contributed by atoms with Gasteiger partial charge in [0.2, 0.25) is 0 Å². The first-order valence-corrected chi connectivity index (χ1v) is 7.74. The third-order valence-electron chi connectivity index (χ3n) is 2.96. The number of benzene rings is 2. The van der Waals surface area contributed by atoms with E-state index < -0.39 is 0 Å². The maximum Gasteiger partial charge on any atom is 0.256 e. The van der Waals surface area contributed by atoms with Crippen LogP contribution in [-0.4, -0.2) is 17.9 Å². The molecule has 5 heteroatoms. The molecule has 114 valence electrons. The Bertz CT molecular complexity index is 699. The lowest BCUT2D eigenvalue weighted by molar-refractivity contribution is 0.0944. The van der Waals surface area contributed by atoms with Crippen LogP contribution in [-0.2, 0) is 0 Å². The van der Waals surface area contributed by atoms with Gasteiger partial charge in [-0.2, -0.15) is 0 Å². The molecule has 0 aromatic heterocycles. The molecular weight excluding hydrogens is 344 g/mol. The number of rotatable bonds is 4. The van der Waals surface area contributed by atoms with Crippen LogP contribution in [0.5, 0.6) is 0 Å². The van der Waals surface area contributed by atoms with Crippen LogP contribution < -0.4 is 10.6 Å². The van der Waals surface area contributed by atoms with Crippen LogP contribution in [0.4, 0.5) is 5.69 Å². The van der Waals surface area contributed by atoms with Gasteiger partial charge in [-0.25, -0.2) is 0 Å². The van der Waals surface area contributed by atoms with Crippen molar-refractivity contribution in [2.75, 3.05) is 5.32 Å². The van der Waals surface area contributed by atoms with Crippen molar-refractivity contribution in [1.82, 2.24) is 5.32 Å². The summed E-state index contributed by atoms with van der Waals surface area (Å²) in [6.07, 6.45) is 0. The van der Waals surface area contributed by atoms with E-state index in [2.05, 4.69) is 26.6 Å². The Balaban J connectivity index is 2.25. The van der Waals surface area contributed by atoms with Crippen LogP contribution >= 0.6 is 15.9 Å². The molecule has 0 unspecified atom stereocenters. The Morgan fingerprint density at radius 1 is 0.909 bits per heavy atom. The van der Waals surface area contributed by atoms with Crippen molar-refractivity contribution in [2.45, 2.75) is 19.9 Å². The topological polar surface area (TPSA) is 58.2 Å². The fourth-order valence-electron chi connectivity index (χ4n) is 1.97. The Morgan fingerprint density at radius 3 is 2.14 bits per heavy atom. The smallest absolute Gasteiger partial charge is 0.256 e. The molecule has 22 heavy (non-hydrogen) atoms. The van der Waals surface area contributed by atoms with Crippen molar-refractivity contribution in [3.05, 3.63) is 64.1 Å². The lowest BCUT2D eigenvalue weighted by atomic mass is 10.1. The number of halogens is 1. The molecule has 0 aliphatic heterocycles. The molecule has 0 saturated heterocycles. The van der Waals surface area contributed by atoms with Crippen molar-refractivity contribution >= 4 is 33.4 Å². The van der Waals surface area contributed by atoms with Gasteiger partial charge in [0.25, 0.3) is 11.8 Å². The molecule has 0 saturated carbocycles. The predicted molar refractivity (Wildman–Crippen MR) is 91.1 cm³/mol. The molecule has 2 N–H and O–H groups in total. The Kier molecular flexibility index (Phi) is 5.33. The van der Waals surface area contributed by atoms with E-state index in [-0.39, 0.29) is 17.9 Å². The van der Waals surface area contributed by atoms with Crippen molar-refractivity contribution in [3.8, 4) is 0 Å². The summed E-state index contributed by atoms with van der Waals surface area (Å²) in [7, 11) is 0. The van der Waals surface area contributed by atoms with Crippen LogP contribution in [0.1, 0.15) is 34.6 Å². The van der Waals surface area contributed by atoms with E-state index in [0.717, 1.165) is 0 Å². The molecule has 0 aliphatic carbocycles. The first-order chi connectivity index (χ1) is 10.5. The maximum atomic E-state index is 12.4. The molecule has 2 rings (SSSR count). The van der Waals surface area contributed by atoms with Crippen LogP contribution in [0, 0.1) is 0 Å². The molecule has 2 aromatic carbocycles. The normalized spacial score (nSPS) is 10.4. The second kappa shape index (κ2) is 7.22. The highest BCUT2D eigenvalue weighted by Crippen LogP contribution is 2.20. The van der Waals surface area contributed by atoms with E-state index in [1.165, 1.54) is 0 Å². The van der Waals surface area contributed by atoms with Gasteiger partial charge >= 0.3 is 0 Å². The molecule has 4 nitrogen and oxygen atoms in total. The largest absolute Gasteiger partial charge is 0.350 e. The van der Waals surface area contributed by atoms with E-state index in [9.17, 15) is 9.59 Å². The summed E-state index contributed by atoms with van der Waals surface area (Å²) in [6.45, 7) is 3.78. The van der Waals surface area contributed by atoms with Gasteiger partial charge in [-0.15, -0.1) is 0 Å². The minimum absolute atomic E-state index is 0.0273. The number of nitrogens with one attached hydrogen (secondary N) is 2. The number of anilines is 1. The zero-order chi connectivity index (χ0) is 16.1. The standard InChI is InChI=1S/C17H17BrN2O2/c1-11(2)19-17(22)13-8-4-6-10-15(13)20-16(21)12-7-3-5-9-14(12)18/h3-11H,1-2H3,(H,19,22)(H,20,21). The lowest BCUT2D eigenvalue weighted by Gasteiger charge is -2.13. The van der Waals surface area contributed by atoms with Crippen molar-refractivity contribution in [2.24, 2.45) is 0 Å². The van der Waals surface area contributed by atoms with Crippen molar-refractivity contribution in [3.63, 3.8) is 0 Å². The number of hydrogen-bond donors (Lipinski definition) is 2. The van der Waals surface area contributed by atoms with Gasteiger partial charge in [-0.05, 0) is 54.0 Å². The summed E-state index contributed by atoms with van der Waals surface area (Å²) < 4.78 is 0.705. The fraction of sp³-hybridized carbons (Fsp3) is 0.176. The van der Waals surface area contributed by atoms with Crippen LogP contribution in [0.15, 0.2) is 53.0 Å². The third kappa shape index (κ3) is 3.95. The Labute approximate surface area is 138 Å². The van der Waals surface area contributed by atoms with Crippen molar-refractivity contribution < 1.29 is 9.59 Å². The van der Waals surface area contributed by atoms with E-state index in [4.69, 9.17) is 0 Å². The van der Waals surface area contributed by atoms with Gasteiger partial charge in [-0.1, -0.05) is 24.3 Å². The Hall–Kier alpha value is -2.14. The molecular formula is C17H17BrN2O2. The van der Waals surface area contributed by atoms with Gasteiger partial charge in [-0.3, -0.25) is 9.59 Å². The predicted octanol–water partition coefficient (Wildman–Crippen LogP) is 3.84. The van der Waals surface area contributed by atoms with Crippen LogP contribution in [0.2, 0.25) is 0 Å². The minimum Gasteiger partial charge on any atom is -0.350 e. The van der Waals surface area contributed by atoms with Crippen LogP contribution in [0.25, 0.3) is 0 Å². The average molecular weight is 361 g/mol. The molecule has 0 spiro atoms. The molecule has 0 atom stereocenters. The molecule has 0 aliphatic rings. The summed E-state index contributed by atoms with van der Waals surface area (Å²) >= 11 is 3.35. The number of amides is 2. The summed E-state index contributed by atoms with van der Waals surface area (Å²) in [4.78, 5) is 24.5. The second-order valence-electron chi connectivity index (χ2n) is 5.11. The zero-order valence-electron chi connectivity index (χ0n) is 12.4. The number of hydrogen-bond acceptors (Lipinski definition) is 2. The number of carbonyl (C=O) groups excluding carboxylic acids is 2. The summed E-state index contributed by atoms with van der Waals surface area (Å²) in [5, 5.41) is 5.62. The highest BCUT2D eigenvalue weighted by Gasteiger charge is 2.15. The summed E-state index contributed by atoms with van der Waals surface area (Å²) in [5.41, 5.74) is 1.44. The Morgan fingerprint density at radius 2 is 1.50 bits per heavy atom. The molecule has 2 aromatic rings. The van der Waals surface area contributed by atoms with Gasteiger partial charge < -0.3 is 10.6 Å². The van der Waals surface area contributed by atoms with E-state index >= 15 is 0 Å². The van der Waals surface area contributed by atoms with Gasteiger partial charge in [0.1, 0.15) is 0 Å². The average Bonchev–Trinajstić information content (AvgIpc) is 2.47. The zero-order valence-corrected chi connectivity index (χ0v) is 14.0. The summed E-state index contributed by atoms with van der Waals surface area (Å²) in [5.74, 6) is -0.477. The van der Waals surface area contributed by atoms with Gasteiger partial charge in [0.15, 0.2) is 0 Å². The van der Waals surface area contributed by atoms with Crippen LogP contribution in [0.3, 0.4) is 0 Å². The number of carbonyl (C=O) groups is 2. The highest BCUT2D eigenvalue weighted by atomic mass is 79.9. The maximum absolute atomic E-state index is 12.4. The highest BCUT2D eigenvalue weighted by molar-refractivity contribution is 9.10. The SMILES string of the molecule is CC(C)NC(=O)c1ccccc1NC(=O)c1ccccc1Br. The second-order valence-corrected chi connectivity index (χ2v) is 5.96. The van der Waals surface area contributed by atoms with E-state index in [1.807, 2.05) is 19.9 Å². The monoisotopic (exact) mass is 360 g/mol. The van der Waals surface area contributed by atoms with E-state index in [1.54, 1.807) is 42.5 Å². The summed E-state index contributed by atoms with van der Waals surface area (Å²) in [6, 6.07) is 14.1. The minimum atomic E-state index is -0.266. The number of para-hydroxylation sites is 1. The molecule has 0 radical (unpaired) electrons.